The molecule has 0 aliphatic heterocycles. The van der Waals surface area contributed by atoms with Crippen molar-refractivity contribution in [3.8, 4) is 6.07 Å². The van der Waals surface area contributed by atoms with Crippen molar-refractivity contribution in [2.75, 3.05) is 0 Å². The molecule has 0 N–H and O–H groups in total. The SMILES string of the molecule is CC(C)c1cc(C(C)C)c(C#N)c(C2CCCCC2)n1. The molecule has 2 heteroatoms. The molecular weight excluding hydrogens is 244 g/mol. The van der Waals surface area contributed by atoms with Crippen LogP contribution in [0.15, 0.2) is 6.07 Å². The van der Waals surface area contributed by atoms with Crippen LogP contribution in [-0.2, 0) is 0 Å². The van der Waals surface area contributed by atoms with E-state index < -0.39 is 0 Å². The Morgan fingerprint density at radius 3 is 2.25 bits per heavy atom. The molecule has 108 valence electrons. The number of hydrogen-bond donors (Lipinski definition) is 0. The summed E-state index contributed by atoms with van der Waals surface area (Å²) in [6, 6.07) is 4.60. The number of aromatic nitrogens is 1. The number of nitrogens with zero attached hydrogens (tertiary/aromatic N) is 2. The lowest BCUT2D eigenvalue weighted by Crippen LogP contribution is -2.13. The minimum absolute atomic E-state index is 0.382. The first-order valence-electron chi connectivity index (χ1n) is 7.99. The molecule has 0 bridgehead atoms. The standard InChI is InChI=1S/C18H26N2/c1-12(2)15-10-17(13(3)4)20-18(16(15)11-19)14-8-6-5-7-9-14/h10,12-14H,5-9H2,1-4H3. The number of rotatable bonds is 3. The lowest BCUT2D eigenvalue weighted by atomic mass is 9.82. The third-order valence-corrected chi connectivity index (χ3v) is 4.41. The molecule has 0 spiro atoms. The van der Waals surface area contributed by atoms with Gasteiger partial charge in [0, 0.05) is 11.6 Å². The molecule has 2 nitrogen and oxygen atoms in total. The van der Waals surface area contributed by atoms with Crippen molar-refractivity contribution in [2.45, 2.75) is 77.6 Å². The second-order valence-corrected chi connectivity index (χ2v) is 6.65. The van der Waals surface area contributed by atoms with Crippen LogP contribution in [0.1, 0.15) is 100 Å². The summed E-state index contributed by atoms with van der Waals surface area (Å²) in [6.07, 6.45) is 6.28. The summed E-state index contributed by atoms with van der Waals surface area (Å²) in [7, 11) is 0. The van der Waals surface area contributed by atoms with E-state index in [2.05, 4.69) is 39.8 Å². The third-order valence-electron chi connectivity index (χ3n) is 4.41. The first-order valence-corrected chi connectivity index (χ1v) is 7.99. The molecule has 0 saturated heterocycles. The van der Waals surface area contributed by atoms with Crippen LogP contribution in [0.2, 0.25) is 0 Å². The van der Waals surface area contributed by atoms with Crippen molar-refractivity contribution in [2.24, 2.45) is 0 Å². The summed E-state index contributed by atoms with van der Waals surface area (Å²) in [5, 5.41) is 9.62. The normalized spacial score (nSPS) is 16.6. The third kappa shape index (κ3) is 3.03. The lowest BCUT2D eigenvalue weighted by Gasteiger charge is -2.25. The molecule has 1 aliphatic rings. The number of pyridine rings is 1. The molecule has 20 heavy (non-hydrogen) atoms. The van der Waals surface area contributed by atoms with Crippen LogP contribution >= 0.6 is 0 Å². The fourth-order valence-corrected chi connectivity index (χ4v) is 3.15. The first kappa shape index (κ1) is 15.0. The van der Waals surface area contributed by atoms with Crippen LogP contribution in [0.25, 0.3) is 0 Å². The van der Waals surface area contributed by atoms with E-state index in [4.69, 9.17) is 4.98 Å². The van der Waals surface area contributed by atoms with Crippen molar-refractivity contribution >= 4 is 0 Å². The molecule has 2 rings (SSSR count). The van der Waals surface area contributed by atoms with E-state index in [1.807, 2.05) is 0 Å². The molecule has 1 saturated carbocycles. The van der Waals surface area contributed by atoms with Crippen LogP contribution in [0.3, 0.4) is 0 Å². The van der Waals surface area contributed by atoms with Gasteiger partial charge < -0.3 is 0 Å². The fourth-order valence-electron chi connectivity index (χ4n) is 3.15. The van der Waals surface area contributed by atoms with Crippen LogP contribution in [-0.4, -0.2) is 4.98 Å². The van der Waals surface area contributed by atoms with E-state index >= 15 is 0 Å². The van der Waals surface area contributed by atoms with Crippen molar-refractivity contribution in [3.05, 3.63) is 28.6 Å². The minimum atomic E-state index is 0.382. The van der Waals surface area contributed by atoms with Gasteiger partial charge >= 0.3 is 0 Å². The van der Waals surface area contributed by atoms with Gasteiger partial charge in [0.1, 0.15) is 6.07 Å². The van der Waals surface area contributed by atoms with Gasteiger partial charge in [-0.2, -0.15) is 5.26 Å². The maximum absolute atomic E-state index is 9.62. The summed E-state index contributed by atoms with van der Waals surface area (Å²) in [5.74, 6) is 1.30. The fraction of sp³-hybridized carbons (Fsp3) is 0.667. The highest BCUT2D eigenvalue weighted by atomic mass is 14.7. The van der Waals surface area contributed by atoms with E-state index in [0.29, 0.717) is 17.8 Å². The summed E-state index contributed by atoms with van der Waals surface area (Å²) in [4.78, 5) is 4.89. The zero-order valence-corrected chi connectivity index (χ0v) is 13.2. The zero-order chi connectivity index (χ0) is 14.7. The highest BCUT2D eigenvalue weighted by molar-refractivity contribution is 5.46. The average Bonchev–Trinajstić information content (AvgIpc) is 2.46. The lowest BCUT2D eigenvalue weighted by molar-refractivity contribution is 0.434. The largest absolute Gasteiger partial charge is 0.256 e. The Labute approximate surface area is 123 Å². The first-order chi connectivity index (χ1) is 9.54. The van der Waals surface area contributed by atoms with Crippen molar-refractivity contribution < 1.29 is 0 Å². The van der Waals surface area contributed by atoms with Crippen molar-refractivity contribution in [1.82, 2.24) is 4.98 Å². The zero-order valence-electron chi connectivity index (χ0n) is 13.2. The van der Waals surface area contributed by atoms with Crippen LogP contribution < -0.4 is 0 Å². The Morgan fingerprint density at radius 1 is 1.10 bits per heavy atom. The monoisotopic (exact) mass is 270 g/mol. The Bertz CT molecular complexity index is 503. The molecule has 1 aromatic rings. The second kappa shape index (κ2) is 6.39. The van der Waals surface area contributed by atoms with E-state index in [1.165, 1.54) is 37.7 Å². The Hall–Kier alpha value is -1.36. The quantitative estimate of drug-likeness (QED) is 0.752. The molecule has 1 heterocycles. The van der Waals surface area contributed by atoms with Gasteiger partial charge in [-0.1, -0.05) is 47.0 Å². The van der Waals surface area contributed by atoms with Gasteiger partial charge in [0.25, 0.3) is 0 Å². The molecule has 0 amide bonds. The van der Waals surface area contributed by atoms with Crippen LogP contribution in [0.5, 0.6) is 0 Å². The second-order valence-electron chi connectivity index (χ2n) is 6.65. The highest BCUT2D eigenvalue weighted by Gasteiger charge is 2.24. The number of nitriles is 1. The van der Waals surface area contributed by atoms with Crippen LogP contribution in [0.4, 0.5) is 0 Å². The molecule has 0 radical (unpaired) electrons. The maximum Gasteiger partial charge on any atom is 0.101 e. The predicted octanol–water partition coefficient (Wildman–Crippen LogP) is 5.25. The summed E-state index contributed by atoms with van der Waals surface area (Å²) < 4.78 is 0. The molecule has 1 fully saturated rings. The smallest absolute Gasteiger partial charge is 0.101 e. The molecular formula is C18H26N2. The molecule has 0 aromatic carbocycles. The van der Waals surface area contributed by atoms with Gasteiger partial charge in [-0.15, -0.1) is 0 Å². The Morgan fingerprint density at radius 2 is 1.75 bits per heavy atom. The van der Waals surface area contributed by atoms with Gasteiger partial charge in [0.15, 0.2) is 0 Å². The van der Waals surface area contributed by atoms with E-state index in [-0.39, 0.29) is 0 Å². The van der Waals surface area contributed by atoms with Gasteiger partial charge in [0.2, 0.25) is 0 Å². The van der Waals surface area contributed by atoms with Crippen molar-refractivity contribution in [1.29, 1.82) is 5.26 Å². The summed E-state index contributed by atoms with van der Waals surface area (Å²) >= 11 is 0. The van der Waals surface area contributed by atoms with Crippen molar-refractivity contribution in [3.63, 3.8) is 0 Å². The summed E-state index contributed by atoms with van der Waals surface area (Å²) in [5.41, 5.74) is 4.28. The maximum atomic E-state index is 9.62. The van der Waals surface area contributed by atoms with E-state index in [9.17, 15) is 5.26 Å². The molecule has 0 unspecified atom stereocenters. The highest BCUT2D eigenvalue weighted by Crippen LogP contribution is 2.36. The van der Waals surface area contributed by atoms with Gasteiger partial charge in [-0.25, -0.2) is 0 Å². The van der Waals surface area contributed by atoms with E-state index in [1.54, 1.807) is 0 Å². The topological polar surface area (TPSA) is 36.7 Å². The Kier molecular flexibility index (Phi) is 4.81. The molecule has 0 atom stereocenters. The summed E-state index contributed by atoms with van der Waals surface area (Å²) in [6.45, 7) is 8.71. The number of hydrogen-bond acceptors (Lipinski definition) is 2. The van der Waals surface area contributed by atoms with Crippen LogP contribution in [0, 0.1) is 11.3 Å². The van der Waals surface area contributed by atoms with Gasteiger partial charge in [-0.05, 0) is 36.3 Å². The van der Waals surface area contributed by atoms with E-state index in [0.717, 1.165) is 17.0 Å². The molecule has 1 aromatic heterocycles. The minimum Gasteiger partial charge on any atom is -0.256 e. The Balaban J connectivity index is 2.54. The molecule has 1 aliphatic carbocycles. The predicted molar refractivity (Wildman–Crippen MR) is 83.0 cm³/mol. The average molecular weight is 270 g/mol. The van der Waals surface area contributed by atoms with Gasteiger partial charge in [0.05, 0.1) is 11.3 Å². The van der Waals surface area contributed by atoms with Gasteiger partial charge in [-0.3, -0.25) is 4.98 Å².